The van der Waals surface area contributed by atoms with Crippen LogP contribution in [0.2, 0.25) is 0 Å². The number of amides is 1. The van der Waals surface area contributed by atoms with Crippen molar-refractivity contribution in [2.75, 3.05) is 65.7 Å². The Bertz CT molecular complexity index is 1010. The lowest BCUT2D eigenvalue weighted by Crippen LogP contribution is -2.32. The van der Waals surface area contributed by atoms with Crippen molar-refractivity contribution < 1.29 is 19.0 Å². The Morgan fingerprint density at radius 3 is 2.45 bits per heavy atom. The number of carbonyl (C=O) groups is 1. The maximum Gasteiger partial charge on any atom is 0.252 e. The van der Waals surface area contributed by atoms with Crippen LogP contribution in [0.4, 0.5) is 5.82 Å². The Hall–Kier alpha value is -2.66. The molecule has 0 aromatic carbocycles. The number of anilines is 1. The van der Waals surface area contributed by atoms with Crippen molar-refractivity contribution in [2.24, 2.45) is 0 Å². The monoisotopic (exact) mass is 473 g/mol. The van der Waals surface area contributed by atoms with Crippen LogP contribution in [0.1, 0.15) is 23.2 Å². The molecule has 3 heterocycles. The summed E-state index contributed by atoms with van der Waals surface area (Å²) in [6.45, 7) is 3.49. The molecule has 0 saturated carbocycles. The maximum absolute atomic E-state index is 13.0. The van der Waals surface area contributed by atoms with Crippen LogP contribution in [0.5, 0.6) is 0 Å². The van der Waals surface area contributed by atoms with Crippen LogP contribution >= 0.6 is 11.3 Å². The number of pyridine rings is 1. The molecule has 0 radical (unpaired) electrons. The highest BCUT2D eigenvalue weighted by molar-refractivity contribution is 7.17. The lowest BCUT2D eigenvalue weighted by Gasteiger charge is -2.24. The molecule has 1 amide bonds. The van der Waals surface area contributed by atoms with E-state index in [2.05, 4.69) is 15.2 Å². The fraction of sp³-hybridized carbons (Fsp3) is 0.478. The van der Waals surface area contributed by atoms with Crippen molar-refractivity contribution >= 4 is 33.3 Å². The molecule has 178 valence electrons. The summed E-state index contributed by atoms with van der Waals surface area (Å²) in [6, 6.07) is 5.63. The van der Waals surface area contributed by atoms with Crippen LogP contribution in [0.25, 0.3) is 21.7 Å². The maximum atomic E-state index is 13.0. The zero-order chi connectivity index (χ0) is 23.5. The van der Waals surface area contributed by atoms with Crippen molar-refractivity contribution in [1.82, 2.24) is 20.3 Å². The molecule has 0 atom stereocenters. The molecule has 3 rings (SSSR count). The molecule has 0 aliphatic carbocycles. The third-order valence-electron chi connectivity index (χ3n) is 5.04. The van der Waals surface area contributed by atoms with Crippen molar-refractivity contribution in [3.63, 3.8) is 0 Å². The first kappa shape index (κ1) is 25.0. The van der Waals surface area contributed by atoms with E-state index in [1.165, 1.54) is 11.3 Å². The van der Waals surface area contributed by atoms with Crippen LogP contribution in [0.3, 0.4) is 0 Å². The van der Waals surface area contributed by atoms with Gasteiger partial charge in [-0.1, -0.05) is 6.07 Å². The largest absolute Gasteiger partial charge is 0.385 e. The summed E-state index contributed by atoms with van der Waals surface area (Å²) in [4.78, 5) is 29.9. The van der Waals surface area contributed by atoms with Crippen LogP contribution in [-0.2, 0) is 14.2 Å². The lowest BCUT2D eigenvalue weighted by atomic mass is 10.2. The quantitative estimate of drug-likeness (QED) is 0.357. The fourth-order valence-electron chi connectivity index (χ4n) is 3.32. The van der Waals surface area contributed by atoms with Gasteiger partial charge in [0.15, 0.2) is 5.82 Å². The number of hydrogen-bond acceptors (Lipinski definition) is 9. The number of thiophene rings is 1. The highest BCUT2D eigenvalue weighted by Gasteiger charge is 2.23. The number of nitrogens with one attached hydrogen (secondary N) is 1. The topological polar surface area (TPSA) is 98.7 Å². The van der Waals surface area contributed by atoms with Gasteiger partial charge < -0.3 is 24.4 Å². The van der Waals surface area contributed by atoms with Crippen molar-refractivity contribution in [1.29, 1.82) is 0 Å². The van der Waals surface area contributed by atoms with Gasteiger partial charge in [-0.3, -0.25) is 9.78 Å². The van der Waals surface area contributed by atoms with Crippen LogP contribution in [-0.4, -0.2) is 81.6 Å². The van der Waals surface area contributed by atoms with E-state index < -0.39 is 0 Å². The minimum atomic E-state index is -0.132. The van der Waals surface area contributed by atoms with E-state index in [-0.39, 0.29) is 5.91 Å². The molecule has 1 N–H and O–H groups in total. The van der Waals surface area contributed by atoms with Crippen LogP contribution in [0.15, 0.2) is 29.8 Å². The van der Waals surface area contributed by atoms with E-state index in [0.29, 0.717) is 62.4 Å². The van der Waals surface area contributed by atoms with E-state index in [1.54, 1.807) is 27.5 Å². The number of carbonyl (C=O) groups excluding carboxylic acids is 1. The Labute approximate surface area is 198 Å². The third-order valence-corrected chi connectivity index (χ3v) is 5.92. The molecule has 3 aromatic heterocycles. The van der Waals surface area contributed by atoms with E-state index in [1.807, 2.05) is 23.6 Å². The Kier molecular flexibility index (Phi) is 9.95. The second kappa shape index (κ2) is 13.1. The summed E-state index contributed by atoms with van der Waals surface area (Å²) in [7, 11) is 5.00. The molecule has 9 nitrogen and oxygen atoms in total. The minimum absolute atomic E-state index is 0.132. The predicted octanol–water partition coefficient (Wildman–Crippen LogP) is 3.01. The van der Waals surface area contributed by atoms with Crippen LogP contribution < -0.4 is 10.2 Å². The minimum Gasteiger partial charge on any atom is -0.385 e. The van der Waals surface area contributed by atoms with E-state index in [9.17, 15) is 4.79 Å². The molecule has 0 aliphatic rings. The smallest absolute Gasteiger partial charge is 0.252 e. The van der Waals surface area contributed by atoms with Crippen LogP contribution in [0, 0.1) is 0 Å². The van der Waals surface area contributed by atoms with Crippen molar-refractivity contribution in [3.05, 3.63) is 35.3 Å². The highest BCUT2D eigenvalue weighted by atomic mass is 32.1. The standard InChI is InChI=1S/C23H31N5O4S/c1-30-13-7-6-10-25-22(29)17-16-33-23-19(17)21(28(11-14-31-2)12-15-32-3)26-20(27-23)18-8-4-5-9-24-18/h4-5,8-9,16H,6-7,10-15H2,1-3H3,(H,25,29). The molecular formula is C23H31N5O4S. The van der Waals surface area contributed by atoms with Gasteiger partial charge >= 0.3 is 0 Å². The van der Waals surface area contributed by atoms with Gasteiger partial charge in [-0.2, -0.15) is 0 Å². The number of unbranched alkanes of at least 4 members (excludes halogenated alkanes) is 1. The van der Waals surface area contributed by atoms with E-state index in [4.69, 9.17) is 24.2 Å². The van der Waals surface area contributed by atoms with Gasteiger partial charge in [-0.15, -0.1) is 11.3 Å². The summed E-state index contributed by atoms with van der Waals surface area (Å²) < 4.78 is 15.7. The first-order chi connectivity index (χ1) is 16.2. The number of methoxy groups -OCH3 is 3. The average molecular weight is 474 g/mol. The average Bonchev–Trinajstić information content (AvgIpc) is 3.28. The molecule has 0 saturated heterocycles. The molecule has 0 fully saturated rings. The zero-order valence-electron chi connectivity index (χ0n) is 19.4. The zero-order valence-corrected chi connectivity index (χ0v) is 20.2. The number of rotatable bonds is 14. The predicted molar refractivity (Wildman–Crippen MR) is 130 cm³/mol. The molecule has 0 unspecified atom stereocenters. The Morgan fingerprint density at radius 2 is 1.79 bits per heavy atom. The van der Waals surface area contributed by atoms with Gasteiger partial charge in [0.1, 0.15) is 16.3 Å². The summed E-state index contributed by atoms with van der Waals surface area (Å²) in [5.41, 5.74) is 1.25. The van der Waals surface area contributed by atoms with E-state index >= 15 is 0 Å². The summed E-state index contributed by atoms with van der Waals surface area (Å²) in [6.07, 6.45) is 3.46. The normalized spacial score (nSPS) is 11.1. The molecule has 0 aliphatic heterocycles. The van der Waals surface area contributed by atoms with Gasteiger partial charge in [0.2, 0.25) is 0 Å². The third kappa shape index (κ3) is 6.67. The number of ether oxygens (including phenoxy) is 3. The Balaban J connectivity index is 2.00. The Morgan fingerprint density at radius 1 is 1.03 bits per heavy atom. The summed E-state index contributed by atoms with van der Waals surface area (Å²) >= 11 is 1.43. The van der Waals surface area contributed by atoms with Gasteiger partial charge in [0.05, 0.1) is 24.2 Å². The summed E-state index contributed by atoms with van der Waals surface area (Å²) in [5.74, 6) is 1.07. The molecule has 0 bridgehead atoms. The molecular weight excluding hydrogens is 442 g/mol. The molecule has 33 heavy (non-hydrogen) atoms. The highest BCUT2D eigenvalue weighted by Crippen LogP contribution is 2.34. The molecule has 0 spiro atoms. The fourth-order valence-corrected chi connectivity index (χ4v) is 4.24. The van der Waals surface area contributed by atoms with Gasteiger partial charge in [0.25, 0.3) is 5.91 Å². The number of nitrogens with zero attached hydrogens (tertiary/aromatic N) is 4. The number of hydrogen-bond donors (Lipinski definition) is 1. The molecule has 10 heteroatoms. The summed E-state index contributed by atoms with van der Waals surface area (Å²) in [5, 5.41) is 5.60. The van der Waals surface area contributed by atoms with Crippen molar-refractivity contribution in [3.8, 4) is 11.5 Å². The van der Waals surface area contributed by atoms with Crippen molar-refractivity contribution in [2.45, 2.75) is 12.8 Å². The number of fused-ring (bicyclic) bond motifs is 1. The van der Waals surface area contributed by atoms with Gasteiger partial charge in [0, 0.05) is 59.1 Å². The van der Waals surface area contributed by atoms with Gasteiger partial charge in [-0.25, -0.2) is 9.97 Å². The SMILES string of the molecule is COCCCCNC(=O)c1csc2nc(-c3ccccn3)nc(N(CCOC)CCOC)c12. The van der Waals surface area contributed by atoms with Gasteiger partial charge in [-0.05, 0) is 25.0 Å². The molecule has 3 aromatic rings. The number of aromatic nitrogens is 3. The lowest BCUT2D eigenvalue weighted by molar-refractivity contribution is 0.0953. The second-order valence-corrected chi connectivity index (χ2v) is 8.20. The first-order valence-corrected chi connectivity index (χ1v) is 11.8. The van der Waals surface area contributed by atoms with E-state index in [0.717, 1.165) is 23.1 Å². The first-order valence-electron chi connectivity index (χ1n) is 10.9. The second-order valence-electron chi connectivity index (χ2n) is 7.34.